The third-order valence-corrected chi connectivity index (χ3v) is 4.81. The third-order valence-electron chi connectivity index (χ3n) is 3.55. The molecule has 0 aliphatic heterocycles. The highest BCUT2D eigenvalue weighted by atomic mass is 32.2. The van der Waals surface area contributed by atoms with Crippen molar-refractivity contribution in [2.45, 2.75) is 44.0 Å². The van der Waals surface area contributed by atoms with Crippen molar-refractivity contribution < 1.29 is 17.3 Å². The van der Waals surface area contributed by atoms with Gasteiger partial charge >= 0.3 is 10.1 Å². The maximum absolute atomic E-state index is 12.2. The molecule has 0 N–H and O–H groups in total. The molecule has 0 aromatic heterocycles. The van der Waals surface area contributed by atoms with Crippen molar-refractivity contribution >= 4 is 16.3 Å². The first-order valence-corrected chi connectivity index (χ1v) is 9.47. The lowest BCUT2D eigenvalue weighted by molar-refractivity contribution is -0.532. The number of benzene rings is 2. The van der Waals surface area contributed by atoms with Crippen LogP contribution in [-0.4, -0.2) is 24.9 Å². The molecular formula is C19H23NO4S. The fourth-order valence-electron chi connectivity index (χ4n) is 2.10. The van der Waals surface area contributed by atoms with Crippen LogP contribution >= 0.6 is 0 Å². The van der Waals surface area contributed by atoms with Crippen LogP contribution in [0.25, 0.3) is 0 Å². The standard InChI is InChI=1S/C19H23NO4S/c1-19(2,3)20(21)15-7-8-16-11-13-17(14-12-16)24-25(22,23)18-9-5-4-6-10-18/h4-6,9-15H,7-8H2,1-3H3. The Morgan fingerprint density at radius 1 is 1.04 bits per heavy atom. The van der Waals surface area contributed by atoms with Gasteiger partial charge in [-0.1, -0.05) is 30.3 Å². The molecule has 0 atom stereocenters. The van der Waals surface area contributed by atoms with E-state index in [4.69, 9.17) is 4.18 Å². The summed E-state index contributed by atoms with van der Waals surface area (Å²) in [6.07, 6.45) is 2.94. The van der Waals surface area contributed by atoms with Gasteiger partial charge in [0.05, 0.1) is 0 Å². The summed E-state index contributed by atoms with van der Waals surface area (Å²) in [5.74, 6) is 0.261. The molecule has 0 radical (unpaired) electrons. The zero-order valence-corrected chi connectivity index (χ0v) is 15.5. The summed E-state index contributed by atoms with van der Waals surface area (Å²) in [6, 6.07) is 14.9. The monoisotopic (exact) mass is 361 g/mol. The summed E-state index contributed by atoms with van der Waals surface area (Å²) in [5, 5.41) is 11.8. The normalized spacial score (nSPS) is 12.8. The Morgan fingerprint density at radius 3 is 2.20 bits per heavy atom. The van der Waals surface area contributed by atoms with Crippen LogP contribution in [0.1, 0.15) is 32.8 Å². The predicted molar refractivity (Wildman–Crippen MR) is 98.5 cm³/mol. The molecule has 2 aromatic carbocycles. The van der Waals surface area contributed by atoms with Gasteiger partial charge in [-0.15, -0.1) is 0 Å². The largest absolute Gasteiger partial charge is 0.624 e. The molecular weight excluding hydrogens is 338 g/mol. The van der Waals surface area contributed by atoms with E-state index in [9.17, 15) is 13.6 Å². The van der Waals surface area contributed by atoms with E-state index in [0.29, 0.717) is 12.8 Å². The topological polar surface area (TPSA) is 69.4 Å². The fraction of sp³-hybridized carbons (Fsp3) is 0.316. The Morgan fingerprint density at radius 2 is 1.64 bits per heavy atom. The molecule has 2 aromatic rings. The van der Waals surface area contributed by atoms with Crippen LogP contribution in [0.15, 0.2) is 59.5 Å². The highest BCUT2D eigenvalue weighted by molar-refractivity contribution is 7.87. The van der Waals surface area contributed by atoms with Crippen LogP contribution in [0.3, 0.4) is 0 Å². The van der Waals surface area contributed by atoms with Crippen molar-refractivity contribution in [3.63, 3.8) is 0 Å². The molecule has 2 rings (SSSR count). The molecule has 0 amide bonds. The molecule has 0 fully saturated rings. The highest BCUT2D eigenvalue weighted by Crippen LogP contribution is 2.19. The van der Waals surface area contributed by atoms with E-state index in [1.54, 1.807) is 48.7 Å². The minimum atomic E-state index is -3.82. The van der Waals surface area contributed by atoms with E-state index in [2.05, 4.69) is 0 Å². The Balaban J connectivity index is 1.99. The van der Waals surface area contributed by atoms with Crippen LogP contribution in [0.4, 0.5) is 0 Å². The molecule has 0 spiro atoms. The van der Waals surface area contributed by atoms with Gasteiger partial charge in [0.25, 0.3) is 0 Å². The first-order valence-electron chi connectivity index (χ1n) is 8.07. The number of hydrogen-bond donors (Lipinski definition) is 0. The molecule has 0 bridgehead atoms. The molecule has 25 heavy (non-hydrogen) atoms. The Hall–Kier alpha value is -2.34. The summed E-state index contributed by atoms with van der Waals surface area (Å²) in [6.45, 7) is 5.57. The number of hydrogen-bond acceptors (Lipinski definition) is 4. The summed E-state index contributed by atoms with van der Waals surface area (Å²) in [5.41, 5.74) is 0.562. The smallest absolute Gasteiger partial charge is 0.339 e. The maximum atomic E-state index is 12.2. The van der Waals surface area contributed by atoms with Crippen molar-refractivity contribution in [3.8, 4) is 5.75 Å². The zero-order valence-electron chi connectivity index (χ0n) is 14.7. The van der Waals surface area contributed by atoms with Crippen LogP contribution in [0.5, 0.6) is 5.75 Å². The summed E-state index contributed by atoms with van der Waals surface area (Å²) >= 11 is 0. The van der Waals surface area contributed by atoms with E-state index in [-0.39, 0.29) is 10.6 Å². The Bertz CT molecular complexity index is 820. The Kier molecular flexibility index (Phi) is 5.85. The van der Waals surface area contributed by atoms with Crippen LogP contribution in [-0.2, 0) is 16.5 Å². The minimum absolute atomic E-state index is 0.117. The molecule has 0 heterocycles. The van der Waals surface area contributed by atoms with Crippen LogP contribution in [0.2, 0.25) is 0 Å². The second kappa shape index (κ2) is 7.70. The molecule has 0 saturated heterocycles. The lowest BCUT2D eigenvalue weighted by atomic mass is 10.1. The van der Waals surface area contributed by atoms with Gasteiger partial charge in [-0.05, 0) is 36.2 Å². The quantitative estimate of drug-likeness (QED) is 0.258. The van der Waals surface area contributed by atoms with Crippen molar-refractivity contribution in [3.05, 3.63) is 65.4 Å². The SMILES string of the molecule is CC(C)(C)[N+]([O-])=CCCc1ccc(OS(=O)(=O)c2ccccc2)cc1. The average Bonchev–Trinajstić information content (AvgIpc) is 2.56. The summed E-state index contributed by atoms with van der Waals surface area (Å²) in [7, 11) is -3.82. The van der Waals surface area contributed by atoms with Gasteiger partial charge in [-0.2, -0.15) is 8.42 Å². The zero-order chi connectivity index (χ0) is 18.5. The maximum Gasteiger partial charge on any atom is 0.339 e. The van der Waals surface area contributed by atoms with Gasteiger partial charge in [0.2, 0.25) is 0 Å². The molecule has 0 aliphatic rings. The van der Waals surface area contributed by atoms with E-state index in [0.717, 1.165) is 10.3 Å². The van der Waals surface area contributed by atoms with Crippen molar-refractivity contribution in [2.75, 3.05) is 0 Å². The molecule has 5 nitrogen and oxygen atoms in total. The van der Waals surface area contributed by atoms with Gasteiger partial charge in [0.1, 0.15) is 10.6 Å². The lowest BCUT2D eigenvalue weighted by Crippen LogP contribution is -2.29. The number of hydroxylamine groups is 1. The van der Waals surface area contributed by atoms with E-state index in [1.807, 2.05) is 20.8 Å². The first-order chi connectivity index (χ1) is 11.7. The number of rotatable bonds is 6. The van der Waals surface area contributed by atoms with E-state index >= 15 is 0 Å². The van der Waals surface area contributed by atoms with Gasteiger partial charge in [0.15, 0.2) is 11.8 Å². The van der Waals surface area contributed by atoms with Crippen molar-refractivity contribution in [1.29, 1.82) is 0 Å². The van der Waals surface area contributed by atoms with E-state index < -0.39 is 15.7 Å². The predicted octanol–water partition coefficient (Wildman–Crippen LogP) is 3.77. The van der Waals surface area contributed by atoms with Crippen LogP contribution < -0.4 is 4.18 Å². The number of nitrogens with zero attached hydrogens (tertiary/aromatic N) is 1. The second-order valence-electron chi connectivity index (χ2n) is 6.71. The van der Waals surface area contributed by atoms with Gasteiger partial charge in [0, 0.05) is 27.2 Å². The average molecular weight is 361 g/mol. The molecule has 0 aliphatic carbocycles. The first kappa shape index (κ1) is 19.0. The van der Waals surface area contributed by atoms with Gasteiger partial charge < -0.3 is 9.39 Å². The van der Waals surface area contributed by atoms with Gasteiger partial charge in [-0.3, -0.25) is 0 Å². The molecule has 6 heteroatoms. The Labute approximate surface area is 149 Å². The van der Waals surface area contributed by atoms with Crippen molar-refractivity contribution in [2.24, 2.45) is 0 Å². The lowest BCUT2D eigenvalue weighted by Gasteiger charge is -2.18. The third kappa shape index (κ3) is 5.60. The number of aryl methyl sites for hydroxylation is 1. The molecule has 134 valence electrons. The second-order valence-corrected chi connectivity index (χ2v) is 8.26. The molecule has 0 unspecified atom stereocenters. The van der Waals surface area contributed by atoms with Crippen molar-refractivity contribution in [1.82, 2.24) is 0 Å². The fourth-order valence-corrected chi connectivity index (χ4v) is 3.05. The van der Waals surface area contributed by atoms with Crippen LogP contribution in [0, 0.1) is 5.21 Å². The summed E-state index contributed by atoms with van der Waals surface area (Å²) in [4.78, 5) is 0.117. The summed E-state index contributed by atoms with van der Waals surface area (Å²) < 4.78 is 30.4. The van der Waals surface area contributed by atoms with E-state index in [1.165, 1.54) is 12.1 Å². The minimum Gasteiger partial charge on any atom is -0.624 e. The highest BCUT2D eigenvalue weighted by Gasteiger charge is 2.17. The van der Waals surface area contributed by atoms with Gasteiger partial charge in [-0.25, -0.2) is 4.74 Å². The molecule has 0 saturated carbocycles.